The van der Waals surface area contributed by atoms with Gasteiger partial charge in [0.25, 0.3) is 0 Å². The molecule has 1 aliphatic carbocycles. The van der Waals surface area contributed by atoms with Crippen LogP contribution >= 0.6 is 0 Å². The molecule has 3 atom stereocenters. The number of unbranched alkanes of at least 4 members (excludes halogenated alkanes) is 2. The summed E-state index contributed by atoms with van der Waals surface area (Å²) in [5.74, 6) is 3.54. The maximum absolute atomic E-state index is 12.0. The van der Waals surface area contributed by atoms with Gasteiger partial charge in [0, 0.05) is 19.0 Å². The van der Waals surface area contributed by atoms with Gasteiger partial charge < -0.3 is 10.6 Å². The minimum Gasteiger partial charge on any atom is -0.355 e. The molecule has 0 spiro atoms. The first-order valence-corrected chi connectivity index (χ1v) is 7.28. The Balaban J connectivity index is 1.66. The van der Waals surface area contributed by atoms with Crippen LogP contribution in [-0.2, 0) is 4.79 Å². The van der Waals surface area contributed by atoms with Crippen LogP contribution in [0, 0.1) is 18.3 Å². The van der Waals surface area contributed by atoms with Crippen molar-refractivity contribution in [3.05, 3.63) is 0 Å². The second-order valence-electron chi connectivity index (χ2n) is 5.56. The molecule has 2 rings (SSSR count). The van der Waals surface area contributed by atoms with Gasteiger partial charge in [0.15, 0.2) is 0 Å². The molecule has 0 aromatic heterocycles. The molecule has 1 saturated carbocycles. The van der Waals surface area contributed by atoms with Crippen molar-refractivity contribution in [1.29, 1.82) is 0 Å². The van der Waals surface area contributed by atoms with E-state index in [0.717, 1.165) is 38.1 Å². The van der Waals surface area contributed by atoms with E-state index in [1.165, 1.54) is 25.7 Å². The molecule has 100 valence electrons. The zero-order valence-electron chi connectivity index (χ0n) is 11.1. The van der Waals surface area contributed by atoms with Gasteiger partial charge in [-0.2, -0.15) is 0 Å². The molecule has 2 aliphatic rings. The Labute approximate surface area is 110 Å². The van der Waals surface area contributed by atoms with Gasteiger partial charge in [-0.05, 0) is 38.0 Å². The first-order valence-electron chi connectivity index (χ1n) is 7.28. The van der Waals surface area contributed by atoms with E-state index < -0.39 is 0 Å². The highest BCUT2D eigenvalue weighted by Gasteiger charge is 2.37. The third-order valence-corrected chi connectivity index (χ3v) is 4.23. The van der Waals surface area contributed by atoms with E-state index in [-0.39, 0.29) is 11.9 Å². The predicted octanol–water partition coefficient (Wildman–Crippen LogP) is 1.83. The van der Waals surface area contributed by atoms with E-state index in [1.54, 1.807) is 0 Å². The van der Waals surface area contributed by atoms with Gasteiger partial charge in [-0.3, -0.25) is 4.79 Å². The SMILES string of the molecule is C#CCCCCNC(=O)C1CC2CCCCC2N1. The molecule has 1 amide bonds. The van der Waals surface area contributed by atoms with E-state index in [2.05, 4.69) is 16.6 Å². The number of amides is 1. The lowest BCUT2D eigenvalue weighted by Gasteiger charge is -2.24. The maximum Gasteiger partial charge on any atom is 0.237 e. The third-order valence-electron chi connectivity index (χ3n) is 4.23. The van der Waals surface area contributed by atoms with E-state index in [1.807, 2.05) is 0 Å². The fourth-order valence-electron chi connectivity index (χ4n) is 3.21. The summed E-state index contributed by atoms with van der Waals surface area (Å²) in [5.41, 5.74) is 0. The summed E-state index contributed by atoms with van der Waals surface area (Å²) in [6.45, 7) is 0.758. The number of terminal acetylenes is 1. The first kappa shape index (κ1) is 13.4. The van der Waals surface area contributed by atoms with Crippen molar-refractivity contribution in [2.24, 2.45) is 5.92 Å². The highest BCUT2D eigenvalue weighted by Crippen LogP contribution is 2.33. The second-order valence-corrected chi connectivity index (χ2v) is 5.56. The van der Waals surface area contributed by atoms with Crippen LogP contribution in [-0.4, -0.2) is 24.5 Å². The van der Waals surface area contributed by atoms with E-state index >= 15 is 0 Å². The maximum atomic E-state index is 12.0. The van der Waals surface area contributed by atoms with Crippen LogP contribution in [0.5, 0.6) is 0 Å². The van der Waals surface area contributed by atoms with Crippen LogP contribution in [0.4, 0.5) is 0 Å². The van der Waals surface area contributed by atoms with Crippen LogP contribution in [0.25, 0.3) is 0 Å². The largest absolute Gasteiger partial charge is 0.355 e. The van der Waals surface area contributed by atoms with Crippen LogP contribution in [0.1, 0.15) is 51.4 Å². The average Bonchev–Trinajstić information content (AvgIpc) is 2.82. The zero-order chi connectivity index (χ0) is 12.8. The summed E-state index contributed by atoms with van der Waals surface area (Å²) in [6.07, 6.45) is 14.2. The van der Waals surface area contributed by atoms with Gasteiger partial charge in [0.1, 0.15) is 0 Å². The molecule has 0 radical (unpaired) electrons. The average molecular weight is 248 g/mol. The highest BCUT2D eigenvalue weighted by molar-refractivity contribution is 5.82. The molecule has 2 N–H and O–H groups in total. The van der Waals surface area contributed by atoms with Crippen molar-refractivity contribution >= 4 is 5.91 Å². The minimum atomic E-state index is 0.0470. The quantitative estimate of drug-likeness (QED) is 0.575. The number of hydrogen-bond acceptors (Lipinski definition) is 2. The molecule has 1 heterocycles. The fourth-order valence-corrected chi connectivity index (χ4v) is 3.21. The molecule has 0 aromatic carbocycles. The molecule has 3 nitrogen and oxygen atoms in total. The number of carbonyl (C=O) groups is 1. The van der Waals surface area contributed by atoms with Crippen molar-refractivity contribution in [2.75, 3.05) is 6.54 Å². The summed E-state index contributed by atoms with van der Waals surface area (Å²) >= 11 is 0. The van der Waals surface area contributed by atoms with Gasteiger partial charge in [0.2, 0.25) is 5.91 Å². The van der Waals surface area contributed by atoms with Gasteiger partial charge in [-0.15, -0.1) is 12.3 Å². The zero-order valence-corrected chi connectivity index (χ0v) is 11.1. The number of hydrogen-bond donors (Lipinski definition) is 2. The Bertz CT molecular complexity index is 307. The van der Waals surface area contributed by atoms with Crippen LogP contribution < -0.4 is 10.6 Å². The predicted molar refractivity (Wildman–Crippen MR) is 73.0 cm³/mol. The van der Waals surface area contributed by atoms with Crippen molar-refractivity contribution in [2.45, 2.75) is 63.5 Å². The number of carbonyl (C=O) groups excluding carboxylic acids is 1. The monoisotopic (exact) mass is 248 g/mol. The molecule has 3 unspecified atom stereocenters. The lowest BCUT2D eigenvalue weighted by atomic mass is 9.85. The van der Waals surface area contributed by atoms with Crippen molar-refractivity contribution in [3.8, 4) is 12.3 Å². The Morgan fingerprint density at radius 2 is 2.17 bits per heavy atom. The molecular weight excluding hydrogens is 224 g/mol. The van der Waals surface area contributed by atoms with Gasteiger partial charge in [-0.25, -0.2) is 0 Å². The third kappa shape index (κ3) is 3.49. The Morgan fingerprint density at radius 3 is 2.94 bits per heavy atom. The molecule has 0 aromatic rings. The lowest BCUT2D eigenvalue weighted by molar-refractivity contribution is -0.122. The standard InChI is InChI=1S/C15H24N2O/c1-2-3-4-7-10-16-15(18)14-11-12-8-5-6-9-13(12)17-14/h1,12-14,17H,3-11H2,(H,16,18). The lowest BCUT2D eigenvalue weighted by Crippen LogP contribution is -2.43. The van der Waals surface area contributed by atoms with Gasteiger partial charge >= 0.3 is 0 Å². The normalized spacial score (nSPS) is 30.5. The molecule has 18 heavy (non-hydrogen) atoms. The topological polar surface area (TPSA) is 41.1 Å². The highest BCUT2D eigenvalue weighted by atomic mass is 16.2. The van der Waals surface area contributed by atoms with Crippen LogP contribution in [0.3, 0.4) is 0 Å². The summed E-state index contributed by atoms with van der Waals surface area (Å²) in [6, 6.07) is 0.640. The Kier molecular flexibility index (Phi) is 5.07. The van der Waals surface area contributed by atoms with Crippen LogP contribution in [0.2, 0.25) is 0 Å². The van der Waals surface area contributed by atoms with E-state index in [4.69, 9.17) is 6.42 Å². The fraction of sp³-hybridized carbons (Fsp3) is 0.800. The minimum absolute atomic E-state index is 0.0470. The summed E-state index contributed by atoms with van der Waals surface area (Å²) in [7, 11) is 0. The van der Waals surface area contributed by atoms with Crippen molar-refractivity contribution in [3.63, 3.8) is 0 Å². The molecule has 3 heteroatoms. The smallest absolute Gasteiger partial charge is 0.237 e. The first-order chi connectivity index (χ1) is 8.81. The molecule has 2 fully saturated rings. The van der Waals surface area contributed by atoms with Crippen molar-refractivity contribution < 1.29 is 4.79 Å². The number of fused-ring (bicyclic) bond motifs is 1. The molecule has 1 saturated heterocycles. The van der Waals surface area contributed by atoms with Gasteiger partial charge in [0.05, 0.1) is 6.04 Å². The molecule has 1 aliphatic heterocycles. The molecular formula is C15H24N2O. The summed E-state index contributed by atoms with van der Waals surface area (Å²) in [4.78, 5) is 12.0. The van der Waals surface area contributed by atoms with Gasteiger partial charge in [-0.1, -0.05) is 12.8 Å². The summed E-state index contributed by atoms with van der Waals surface area (Å²) in [5, 5.41) is 6.52. The number of rotatable bonds is 5. The van der Waals surface area contributed by atoms with E-state index in [0.29, 0.717) is 6.04 Å². The second kappa shape index (κ2) is 6.80. The van der Waals surface area contributed by atoms with Crippen molar-refractivity contribution in [1.82, 2.24) is 10.6 Å². The Morgan fingerprint density at radius 1 is 1.33 bits per heavy atom. The summed E-state index contributed by atoms with van der Waals surface area (Å²) < 4.78 is 0. The Hall–Kier alpha value is -1.01. The van der Waals surface area contributed by atoms with Crippen LogP contribution in [0.15, 0.2) is 0 Å². The molecule has 0 bridgehead atoms. The number of nitrogens with one attached hydrogen (secondary N) is 2. The van der Waals surface area contributed by atoms with E-state index in [9.17, 15) is 4.79 Å².